The van der Waals surface area contributed by atoms with Crippen LogP contribution >= 0.6 is 11.3 Å². The third kappa shape index (κ3) is 2.02. The molecule has 0 fully saturated rings. The van der Waals surface area contributed by atoms with E-state index in [2.05, 4.69) is 4.98 Å². The molecular formula is C10H8N2O2S. The largest absolute Gasteiger partial charge is 0.269 e. The fourth-order valence-corrected chi connectivity index (χ4v) is 2.02. The van der Waals surface area contributed by atoms with Crippen LogP contribution in [0.15, 0.2) is 29.6 Å². The summed E-state index contributed by atoms with van der Waals surface area (Å²) in [4.78, 5) is 14.3. The van der Waals surface area contributed by atoms with E-state index in [9.17, 15) is 10.1 Å². The lowest BCUT2D eigenvalue weighted by Crippen LogP contribution is -1.86. The van der Waals surface area contributed by atoms with Crippen LogP contribution in [0.25, 0.3) is 10.6 Å². The van der Waals surface area contributed by atoms with Crippen molar-refractivity contribution in [3.05, 3.63) is 45.5 Å². The second-order valence-electron chi connectivity index (χ2n) is 3.10. The molecule has 2 aromatic rings. The monoisotopic (exact) mass is 220 g/mol. The highest BCUT2D eigenvalue weighted by Gasteiger charge is 2.06. The molecule has 0 N–H and O–H groups in total. The summed E-state index contributed by atoms with van der Waals surface area (Å²) in [5, 5.41) is 13.3. The van der Waals surface area contributed by atoms with Crippen LogP contribution in [0.4, 0.5) is 5.69 Å². The first kappa shape index (κ1) is 9.79. The normalized spacial score (nSPS) is 10.2. The van der Waals surface area contributed by atoms with E-state index in [1.807, 2.05) is 12.3 Å². The standard InChI is InChI=1S/C10H8N2O2S/c1-7-6-15-10(11-7)8-2-4-9(5-3-8)12(13)14/h2-6H,1H3. The first-order valence-electron chi connectivity index (χ1n) is 4.34. The lowest BCUT2D eigenvalue weighted by atomic mass is 10.2. The Bertz CT molecular complexity index is 490. The number of nitro benzene ring substituents is 1. The maximum Gasteiger partial charge on any atom is 0.269 e. The van der Waals surface area contributed by atoms with Crippen LogP contribution in [-0.4, -0.2) is 9.91 Å². The van der Waals surface area contributed by atoms with Gasteiger partial charge >= 0.3 is 0 Å². The quantitative estimate of drug-likeness (QED) is 0.577. The molecule has 4 nitrogen and oxygen atoms in total. The molecule has 76 valence electrons. The zero-order chi connectivity index (χ0) is 10.8. The Balaban J connectivity index is 2.35. The lowest BCUT2D eigenvalue weighted by molar-refractivity contribution is -0.384. The second kappa shape index (κ2) is 3.78. The highest BCUT2D eigenvalue weighted by Crippen LogP contribution is 2.25. The van der Waals surface area contributed by atoms with Gasteiger partial charge in [0.2, 0.25) is 0 Å². The number of hydrogen-bond donors (Lipinski definition) is 0. The summed E-state index contributed by atoms with van der Waals surface area (Å²) in [5.41, 5.74) is 1.99. The van der Waals surface area contributed by atoms with E-state index in [1.165, 1.54) is 23.5 Å². The number of benzene rings is 1. The van der Waals surface area contributed by atoms with Crippen LogP contribution in [0.5, 0.6) is 0 Å². The van der Waals surface area contributed by atoms with Gasteiger partial charge in [0.15, 0.2) is 0 Å². The molecule has 2 rings (SSSR count). The van der Waals surface area contributed by atoms with Crippen molar-refractivity contribution in [1.82, 2.24) is 4.98 Å². The number of nitro groups is 1. The molecule has 0 spiro atoms. The van der Waals surface area contributed by atoms with Crippen molar-refractivity contribution < 1.29 is 4.92 Å². The highest BCUT2D eigenvalue weighted by molar-refractivity contribution is 7.13. The Morgan fingerprint density at radius 1 is 1.33 bits per heavy atom. The fraction of sp³-hybridized carbons (Fsp3) is 0.100. The van der Waals surface area contributed by atoms with E-state index in [-0.39, 0.29) is 5.69 Å². The smallest absolute Gasteiger partial charge is 0.258 e. The Labute approximate surface area is 90.4 Å². The van der Waals surface area contributed by atoms with Gasteiger partial charge in [0, 0.05) is 28.8 Å². The van der Waals surface area contributed by atoms with Crippen LogP contribution < -0.4 is 0 Å². The van der Waals surface area contributed by atoms with Crippen LogP contribution in [0.1, 0.15) is 5.69 Å². The van der Waals surface area contributed by atoms with Crippen molar-refractivity contribution in [2.24, 2.45) is 0 Å². The van der Waals surface area contributed by atoms with Crippen LogP contribution in [0.2, 0.25) is 0 Å². The van der Waals surface area contributed by atoms with E-state index < -0.39 is 4.92 Å². The number of thiazole rings is 1. The molecule has 0 bridgehead atoms. The molecule has 0 saturated carbocycles. The Hall–Kier alpha value is -1.75. The molecule has 0 radical (unpaired) electrons. The van der Waals surface area contributed by atoms with E-state index in [0.29, 0.717) is 0 Å². The fourth-order valence-electron chi connectivity index (χ4n) is 1.21. The minimum Gasteiger partial charge on any atom is -0.258 e. The minimum absolute atomic E-state index is 0.104. The first-order valence-corrected chi connectivity index (χ1v) is 5.22. The number of nitrogens with zero attached hydrogens (tertiary/aromatic N) is 2. The molecule has 15 heavy (non-hydrogen) atoms. The average Bonchev–Trinajstić information content (AvgIpc) is 2.65. The van der Waals surface area contributed by atoms with Gasteiger partial charge < -0.3 is 0 Å². The second-order valence-corrected chi connectivity index (χ2v) is 3.96. The third-order valence-corrected chi connectivity index (χ3v) is 2.95. The molecule has 1 aromatic heterocycles. The van der Waals surface area contributed by atoms with Crippen molar-refractivity contribution in [2.45, 2.75) is 6.92 Å². The first-order chi connectivity index (χ1) is 7.16. The van der Waals surface area contributed by atoms with E-state index in [1.54, 1.807) is 12.1 Å². The van der Waals surface area contributed by atoms with Crippen molar-refractivity contribution in [1.29, 1.82) is 0 Å². The molecule has 0 atom stereocenters. The van der Waals surface area contributed by atoms with Gasteiger partial charge in [-0.1, -0.05) is 0 Å². The van der Waals surface area contributed by atoms with Crippen molar-refractivity contribution in [3.63, 3.8) is 0 Å². The molecule has 0 unspecified atom stereocenters. The molecule has 0 saturated heterocycles. The molecule has 0 amide bonds. The Morgan fingerprint density at radius 3 is 2.47 bits per heavy atom. The number of aromatic nitrogens is 1. The van der Waals surface area contributed by atoms with E-state index >= 15 is 0 Å². The molecule has 0 aliphatic rings. The zero-order valence-electron chi connectivity index (χ0n) is 8.01. The Kier molecular flexibility index (Phi) is 2.47. The van der Waals surface area contributed by atoms with Crippen molar-refractivity contribution in [2.75, 3.05) is 0 Å². The predicted octanol–water partition coefficient (Wildman–Crippen LogP) is 3.03. The third-order valence-electron chi connectivity index (χ3n) is 1.94. The SMILES string of the molecule is Cc1csc(-c2ccc([N+](=O)[O-])cc2)n1. The van der Waals surface area contributed by atoms with Crippen LogP contribution in [0.3, 0.4) is 0 Å². The summed E-state index contributed by atoms with van der Waals surface area (Å²) in [6.45, 7) is 1.92. The minimum atomic E-state index is -0.406. The molecule has 1 heterocycles. The van der Waals surface area contributed by atoms with Crippen molar-refractivity contribution in [3.8, 4) is 10.6 Å². The van der Waals surface area contributed by atoms with Gasteiger partial charge in [0.1, 0.15) is 5.01 Å². The van der Waals surface area contributed by atoms with Gasteiger partial charge in [-0.25, -0.2) is 4.98 Å². The average molecular weight is 220 g/mol. The number of aryl methyl sites for hydroxylation is 1. The van der Waals surface area contributed by atoms with Gasteiger partial charge in [-0.05, 0) is 19.1 Å². The molecule has 5 heteroatoms. The zero-order valence-corrected chi connectivity index (χ0v) is 8.82. The topological polar surface area (TPSA) is 56.0 Å². The van der Waals surface area contributed by atoms with Gasteiger partial charge in [0.25, 0.3) is 5.69 Å². The molecule has 1 aromatic carbocycles. The summed E-state index contributed by atoms with van der Waals surface area (Å²) in [7, 11) is 0. The maximum absolute atomic E-state index is 10.4. The Morgan fingerprint density at radius 2 is 2.00 bits per heavy atom. The van der Waals surface area contributed by atoms with E-state index in [4.69, 9.17) is 0 Å². The van der Waals surface area contributed by atoms with Gasteiger partial charge in [-0.3, -0.25) is 10.1 Å². The summed E-state index contributed by atoms with van der Waals surface area (Å²) >= 11 is 1.54. The summed E-state index contributed by atoms with van der Waals surface area (Å²) < 4.78 is 0. The van der Waals surface area contributed by atoms with E-state index in [0.717, 1.165) is 16.3 Å². The van der Waals surface area contributed by atoms with Crippen molar-refractivity contribution >= 4 is 17.0 Å². The van der Waals surface area contributed by atoms with Gasteiger partial charge in [-0.15, -0.1) is 11.3 Å². The molecular weight excluding hydrogens is 212 g/mol. The van der Waals surface area contributed by atoms with Gasteiger partial charge in [0.05, 0.1) is 4.92 Å². The number of rotatable bonds is 2. The summed E-state index contributed by atoms with van der Waals surface area (Å²) in [6.07, 6.45) is 0. The summed E-state index contributed by atoms with van der Waals surface area (Å²) in [6, 6.07) is 6.42. The molecule has 0 aliphatic carbocycles. The summed E-state index contributed by atoms with van der Waals surface area (Å²) in [5.74, 6) is 0. The lowest BCUT2D eigenvalue weighted by Gasteiger charge is -1.95. The van der Waals surface area contributed by atoms with Crippen LogP contribution in [0, 0.1) is 17.0 Å². The predicted molar refractivity (Wildman–Crippen MR) is 58.9 cm³/mol. The number of non-ortho nitro benzene ring substituents is 1. The van der Waals surface area contributed by atoms with Crippen LogP contribution in [-0.2, 0) is 0 Å². The highest BCUT2D eigenvalue weighted by atomic mass is 32.1. The number of hydrogen-bond acceptors (Lipinski definition) is 4. The maximum atomic E-state index is 10.4. The van der Waals surface area contributed by atoms with Gasteiger partial charge in [-0.2, -0.15) is 0 Å². The molecule has 0 aliphatic heterocycles.